The molecule has 0 aromatic heterocycles. The van der Waals surface area contributed by atoms with Crippen molar-refractivity contribution < 1.29 is 12.5 Å². The summed E-state index contributed by atoms with van der Waals surface area (Å²) in [7, 11) is 5.04. The van der Waals surface area contributed by atoms with Crippen LogP contribution in [0.3, 0.4) is 0 Å². The summed E-state index contributed by atoms with van der Waals surface area (Å²) in [4.78, 5) is 0. The van der Waals surface area contributed by atoms with Crippen molar-refractivity contribution in [1.82, 2.24) is 5.32 Å². The highest BCUT2D eigenvalue weighted by Gasteiger charge is 2.21. The predicted molar refractivity (Wildman–Crippen MR) is 52.0 cm³/mol. The summed E-state index contributed by atoms with van der Waals surface area (Å²) in [5.41, 5.74) is 0. The third kappa shape index (κ3) is 3.73. The molecule has 0 radical (unpaired) electrons. The zero-order valence-electron chi connectivity index (χ0n) is 8.25. The second kappa shape index (κ2) is 6.68. The Hall–Kier alpha value is 0.190. The Morgan fingerprint density at radius 3 is 1.92 bits per heavy atom. The van der Waals surface area contributed by atoms with Crippen LogP contribution >= 0.6 is 10.9 Å². The van der Waals surface area contributed by atoms with Gasteiger partial charge in [-0.1, -0.05) is 0 Å². The van der Waals surface area contributed by atoms with Gasteiger partial charge in [0.15, 0.2) is 0 Å². The highest BCUT2D eigenvalue weighted by atomic mass is 32.3. The second-order valence-corrected chi connectivity index (χ2v) is 4.74. The lowest BCUT2D eigenvalue weighted by atomic mass is 10.5. The fourth-order valence-electron chi connectivity index (χ4n) is 0.880. The van der Waals surface area contributed by atoms with E-state index in [2.05, 4.69) is 5.32 Å². The first-order valence-corrected chi connectivity index (χ1v) is 5.44. The van der Waals surface area contributed by atoms with Gasteiger partial charge in [0.1, 0.15) is 0 Å². The molecular formula is C7H19NO3S. The van der Waals surface area contributed by atoms with Crippen molar-refractivity contribution in [3.05, 3.63) is 0 Å². The molecule has 0 rings (SSSR count). The fraction of sp³-hybridized carbons (Fsp3) is 1.00. The van der Waals surface area contributed by atoms with E-state index in [1.165, 1.54) is 0 Å². The molecule has 0 aromatic carbocycles. The molecule has 0 heterocycles. The van der Waals surface area contributed by atoms with E-state index < -0.39 is 10.9 Å². The summed E-state index contributed by atoms with van der Waals surface area (Å²) in [5, 5.41) is 3.06. The van der Waals surface area contributed by atoms with Crippen LogP contribution in [0.25, 0.3) is 0 Å². The summed E-state index contributed by atoms with van der Waals surface area (Å²) in [6, 6.07) is 0. The minimum Gasteiger partial charge on any atom is -0.320 e. The molecule has 0 aliphatic rings. The smallest absolute Gasteiger partial charge is 0.0879 e. The van der Waals surface area contributed by atoms with E-state index in [4.69, 9.17) is 12.5 Å². The quantitative estimate of drug-likeness (QED) is 0.620. The molecule has 0 amide bonds. The molecule has 0 aromatic rings. The maximum absolute atomic E-state index is 5.19. The van der Waals surface area contributed by atoms with Crippen molar-refractivity contribution in [3.63, 3.8) is 0 Å². The summed E-state index contributed by atoms with van der Waals surface area (Å²) >= 11 is 0. The van der Waals surface area contributed by atoms with Gasteiger partial charge in [-0.15, -0.1) is 0 Å². The van der Waals surface area contributed by atoms with Crippen LogP contribution in [-0.2, 0) is 12.5 Å². The van der Waals surface area contributed by atoms with Gasteiger partial charge in [0.25, 0.3) is 0 Å². The van der Waals surface area contributed by atoms with E-state index in [1.807, 2.05) is 7.05 Å². The summed E-state index contributed by atoms with van der Waals surface area (Å²) in [5.74, 6) is 0.803. The first-order valence-electron chi connectivity index (χ1n) is 3.87. The fourth-order valence-corrected chi connectivity index (χ4v) is 2.29. The molecule has 0 aliphatic heterocycles. The lowest BCUT2D eigenvalue weighted by Crippen LogP contribution is -2.16. The van der Waals surface area contributed by atoms with Crippen LogP contribution < -0.4 is 5.32 Å². The van der Waals surface area contributed by atoms with Gasteiger partial charge in [-0.2, -0.15) is 0 Å². The average molecular weight is 197 g/mol. The summed E-state index contributed by atoms with van der Waals surface area (Å²) < 4.78 is 15.6. The van der Waals surface area contributed by atoms with Crippen molar-refractivity contribution in [2.24, 2.45) is 0 Å². The van der Waals surface area contributed by atoms with E-state index in [0.29, 0.717) is 0 Å². The first-order chi connectivity index (χ1) is 5.74. The Bertz CT molecular complexity index is 101. The summed E-state index contributed by atoms with van der Waals surface area (Å²) in [6.45, 7) is 0.949. The van der Waals surface area contributed by atoms with Crippen molar-refractivity contribution in [1.29, 1.82) is 0 Å². The Balaban J connectivity index is 3.76. The van der Waals surface area contributed by atoms with E-state index in [1.54, 1.807) is 21.3 Å². The highest BCUT2D eigenvalue weighted by molar-refractivity contribution is 8.21. The molecule has 0 spiro atoms. The number of rotatable bonds is 7. The van der Waals surface area contributed by atoms with Crippen molar-refractivity contribution in [2.75, 3.05) is 40.7 Å². The van der Waals surface area contributed by atoms with E-state index in [9.17, 15) is 0 Å². The van der Waals surface area contributed by atoms with Crippen molar-refractivity contribution in [2.45, 2.75) is 6.42 Å². The first kappa shape index (κ1) is 12.2. The van der Waals surface area contributed by atoms with E-state index in [0.717, 1.165) is 18.7 Å². The molecule has 0 saturated heterocycles. The Labute approximate surface area is 76.5 Å². The van der Waals surface area contributed by atoms with Crippen molar-refractivity contribution in [3.8, 4) is 0 Å². The molecule has 4 nitrogen and oxygen atoms in total. The highest BCUT2D eigenvalue weighted by Crippen LogP contribution is 2.49. The lowest BCUT2D eigenvalue weighted by molar-refractivity contribution is 0.247. The zero-order chi connectivity index (χ0) is 9.45. The van der Waals surface area contributed by atoms with Gasteiger partial charge in [0.05, 0.1) is 32.2 Å². The minimum atomic E-state index is -1.72. The van der Waals surface area contributed by atoms with Gasteiger partial charge < -0.3 is 5.32 Å². The standard InChI is InChI=1S/C7H19NO3S/c1-8-6-5-7-12(9-2,10-3)11-4/h8H,5-7H2,1-4H3. The molecule has 0 aliphatic carbocycles. The number of hydrogen-bond acceptors (Lipinski definition) is 4. The monoisotopic (exact) mass is 197 g/mol. The Morgan fingerprint density at radius 2 is 1.58 bits per heavy atom. The van der Waals surface area contributed by atoms with Crippen LogP contribution in [0.5, 0.6) is 0 Å². The molecule has 12 heavy (non-hydrogen) atoms. The Morgan fingerprint density at radius 1 is 1.08 bits per heavy atom. The van der Waals surface area contributed by atoms with Crippen LogP contribution in [0, 0.1) is 0 Å². The van der Waals surface area contributed by atoms with Crippen LogP contribution in [0.2, 0.25) is 0 Å². The number of nitrogens with one attached hydrogen (secondary N) is 1. The molecule has 76 valence electrons. The van der Waals surface area contributed by atoms with Gasteiger partial charge >= 0.3 is 0 Å². The van der Waals surface area contributed by atoms with Gasteiger partial charge in [0, 0.05) is 5.75 Å². The zero-order valence-corrected chi connectivity index (χ0v) is 9.07. The lowest BCUT2D eigenvalue weighted by Gasteiger charge is -2.33. The molecule has 0 atom stereocenters. The van der Waals surface area contributed by atoms with Gasteiger partial charge in [-0.05, 0) is 20.0 Å². The van der Waals surface area contributed by atoms with Crippen LogP contribution in [0.15, 0.2) is 0 Å². The van der Waals surface area contributed by atoms with Crippen LogP contribution in [-0.4, -0.2) is 40.7 Å². The Kier molecular flexibility index (Phi) is 6.78. The maximum atomic E-state index is 5.19. The van der Waals surface area contributed by atoms with Gasteiger partial charge in [-0.25, -0.2) is 0 Å². The topological polar surface area (TPSA) is 39.7 Å². The SMILES string of the molecule is CNCCCS(OC)(OC)OC. The van der Waals surface area contributed by atoms with E-state index in [-0.39, 0.29) is 0 Å². The van der Waals surface area contributed by atoms with Gasteiger partial charge in [0.2, 0.25) is 0 Å². The molecule has 0 saturated carbocycles. The maximum Gasteiger partial charge on any atom is 0.0879 e. The van der Waals surface area contributed by atoms with E-state index >= 15 is 0 Å². The largest absolute Gasteiger partial charge is 0.320 e. The van der Waals surface area contributed by atoms with Crippen LogP contribution in [0.4, 0.5) is 0 Å². The molecule has 0 bridgehead atoms. The summed E-state index contributed by atoms with van der Waals surface area (Å²) in [6.07, 6.45) is 0.987. The molecular weight excluding hydrogens is 178 g/mol. The third-order valence-corrected chi connectivity index (χ3v) is 3.90. The average Bonchev–Trinajstić information content (AvgIpc) is 2.14. The predicted octanol–water partition coefficient (Wildman–Crippen LogP) is 1.08. The molecule has 1 N–H and O–H groups in total. The normalized spacial score (nSPS) is 13.3. The van der Waals surface area contributed by atoms with Crippen molar-refractivity contribution >= 4 is 10.9 Å². The minimum absolute atomic E-state index is 0.803. The third-order valence-electron chi connectivity index (χ3n) is 1.58. The molecule has 5 heteroatoms. The molecule has 0 fully saturated rings. The second-order valence-electron chi connectivity index (χ2n) is 2.22. The molecule has 0 unspecified atom stereocenters. The van der Waals surface area contributed by atoms with Crippen LogP contribution in [0.1, 0.15) is 6.42 Å². The van der Waals surface area contributed by atoms with Gasteiger partial charge in [-0.3, -0.25) is 12.5 Å². The number of hydrogen-bond donors (Lipinski definition) is 1.